The summed E-state index contributed by atoms with van der Waals surface area (Å²) < 4.78 is 11.9. The first-order chi connectivity index (χ1) is 11.2. The van der Waals surface area contributed by atoms with Gasteiger partial charge in [0.2, 0.25) is 0 Å². The first-order valence-electron chi connectivity index (χ1n) is 6.76. The molecule has 7 heteroatoms. The predicted molar refractivity (Wildman–Crippen MR) is 82.1 cm³/mol. The number of rotatable bonds is 4. The van der Waals surface area contributed by atoms with Gasteiger partial charge in [-0.15, -0.1) is 5.10 Å². The fourth-order valence-electron chi connectivity index (χ4n) is 2.10. The van der Waals surface area contributed by atoms with Crippen molar-refractivity contribution in [3.8, 4) is 17.6 Å². The van der Waals surface area contributed by atoms with E-state index in [4.69, 9.17) is 14.7 Å². The zero-order valence-electron chi connectivity index (χ0n) is 12.3. The van der Waals surface area contributed by atoms with E-state index in [0.29, 0.717) is 28.0 Å². The Morgan fingerprint density at radius 2 is 2.04 bits per heavy atom. The highest BCUT2D eigenvalue weighted by Gasteiger charge is 2.09. The second-order valence-corrected chi connectivity index (χ2v) is 4.66. The summed E-state index contributed by atoms with van der Waals surface area (Å²) in [5, 5.41) is 17.2. The Hall–Kier alpha value is -3.40. The molecule has 0 atom stereocenters. The molecule has 0 N–H and O–H groups in total. The number of hydrogen-bond donors (Lipinski definition) is 0. The van der Waals surface area contributed by atoms with E-state index in [1.165, 1.54) is 7.11 Å². The Kier molecular flexibility index (Phi) is 3.89. The summed E-state index contributed by atoms with van der Waals surface area (Å²) >= 11 is 0. The van der Waals surface area contributed by atoms with Crippen molar-refractivity contribution >= 4 is 10.9 Å². The molecule has 3 aromatic rings. The van der Waals surface area contributed by atoms with Crippen LogP contribution < -0.4 is 15.0 Å². The van der Waals surface area contributed by atoms with Gasteiger partial charge < -0.3 is 9.47 Å². The summed E-state index contributed by atoms with van der Waals surface area (Å²) in [6.45, 7) is -0.112. The van der Waals surface area contributed by atoms with E-state index in [0.717, 1.165) is 4.68 Å². The van der Waals surface area contributed by atoms with Gasteiger partial charge in [-0.25, -0.2) is 0 Å². The van der Waals surface area contributed by atoms with Crippen molar-refractivity contribution in [1.82, 2.24) is 15.0 Å². The van der Waals surface area contributed by atoms with Crippen LogP contribution in [0.25, 0.3) is 10.9 Å². The van der Waals surface area contributed by atoms with Crippen molar-refractivity contribution in [2.45, 2.75) is 6.73 Å². The number of fused-ring (bicyclic) bond motifs is 1. The SMILES string of the molecule is COc1cc(C#N)ccc1OCn1nnc2ccccc2c1=O. The number of hydrogen-bond acceptors (Lipinski definition) is 6. The molecule has 23 heavy (non-hydrogen) atoms. The smallest absolute Gasteiger partial charge is 0.280 e. The molecule has 7 nitrogen and oxygen atoms in total. The summed E-state index contributed by atoms with van der Waals surface area (Å²) in [5.41, 5.74) is 0.699. The molecule has 0 spiro atoms. The first kappa shape index (κ1) is 14.5. The Labute approximate surface area is 131 Å². The average molecular weight is 308 g/mol. The zero-order valence-corrected chi connectivity index (χ0v) is 12.3. The quantitative estimate of drug-likeness (QED) is 0.729. The van der Waals surface area contributed by atoms with E-state index in [2.05, 4.69) is 10.3 Å². The molecule has 0 bridgehead atoms. The lowest BCUT2D eigenvalue weighted by Gasteiger charge is -2.11. The molecule has 114 valence electrons. The number of aromatic nitrogens is 3. The van der Waals surface area contributed by atoms with Crippen molar-refractivity contribution in [2.75, 3.05) is 7.11 Å². The molecule has 0 fully saturated rings. The normalized spacial score (nSPS) is 10.3. The van der Waals surface area contributed by atoms with Gasteiger partial charge >= 0.3 is 0 Å². The summed E-state index contributed by atoms with van der Waals surface area (Å²) in [5.74, 6) is 0.819. The minimum absolute atomic E-state index is 0.112. The molecule has 1 heterocycles. The Morgan fingerprint density at radius 3 is 2.83 bits per heavy atom. The fourth-order valence-corrected chi connectivity index (χ4v) is 2.10. The minimum Gasteiger partial charge on any atom is -0.493 e. The van der Waals surface area contributed by atoms with E-state index < -0.39 is 0 Å². The minimum atomic E-state index is -0.289. The van der Waals surface area contributed by atoms with Crippen LogP contribution in [-0.4, -0.2) is 22.1 Å². The van der Waals surface area contributed by atoms with Crippen molar-refractivity contribution in [2.24, 2.45) is 0 Å². The summed E-state index contributed by atoms with van der Waals surface area (Å²) in [4.78, 5) is 12.3. The van der Waals surface area contributed by atoms with Crippen LogP contribution in [0, 0.1) is 11.3 Å². The van der Waals surface area contributed by atoms with E-state index in [1.807, 2.05) is 6.07 Å². The Bertz CT molecular complexity index is 959. The molecular weight excluding hydrogens is 296 g/mol. The third-order valence-corrected chi connectivity index (χ3v) is 3.26. The van der Waals surface area contributed by atoms with Crippen molar-refractivity contribution in [1.29, 1.82) is 5.26 Å². The van der Waals surface area contributed by atoms with Gasteiger partial charge in [-0.3, -0.25) is 4.79 Å². The van der Waals surface area contributed by atoms with Gasteiger partial charge in [0, 0.05) is 6.07 Å². The Morgan fingerprint density at radius 1 is 1.22 bits per heavy atom. The van der Waals surface area contributed by atoms with Crippen LogP contribution in [0.3, 0.4) is 0 Å². The van der Waals surface area contributed by atoms with Gasteiger partial charge in [-0.2, -0.15) is 9.94 Å². The number of nitriles is 1. The molecule has 1 aromatic heterocycles. The fraction of sp³-hybridized carbons (Fsp3) is 0.125. The Balaban J connectivity index is 1.88. The molecule has 2 aromatic carbocycles. The molecule has 3 rings (SSSR count). The molecule has 0 aliphatic heterocycles. The number of methoxy groups -OCH3 is 1. The average Bonchev–Trinajstić information content (AvgIpc) is 2.61. The lowest BCUT2D eigenvalue weighted by Crippen LogP contribution is -2.26. The lowest BCUT2D eigenvalue weighted by atomic mass is 10.2. The lowest BCUT2D eigenvalue weighted by molar-refractivity contribution is 0.202. The summed E-state index contributed by atoms with van der Waals surface area (Å²) in [6.07, 6.45) is 0. The molecule has 0 radical (unpaired) electrons. The molecule has 0 saturated heterocycles. The molecule has 0 saturated carbocycles. The van der Waals surface area contributed by atoms with Crippen molar-refractivity contribution in [3.63, 3.8) is 0 Å². The second kappa shape index (κ2) is 6.15. The van der Waals surface area contributed by atoms with Gasteiger partial charge in [0.1, 0.15) is 5.52 Å². The third-order valence-electron chi connectivity index (χ3n) is 3.26. The molecule has 0 aliphatic rings. The highest BCUT2D eigenvalue weighted by Crippen LogP contribution is 2.27. The first-order valence-corrected chi connectivity index (χ1v) is 6.76. The van der Waals surface area contributed by atoms with Crippen LogP contribution in [0.5, 0.6) is 11.5 Å². The van der Waals surface area contributed by atoms with Crippen LogP contribution in [0.2, 0.25) is 0 Å². The van der Waals surface area contributed by atoms with Gasteiger partial charge in [0.05, 0.1) is 24.1 Å². The second-order valence-electron chi connectivity index (χ2n) is 4.66. The molecule has 0 unspecified atom stereocenters. The number of nitrogens with zero attached hydrogens (tertiary/aromatic N) is 4. The maximum atomic E-state index is 12.3. The molecule has 0 aliphatic carbocycles. The monoisotopic (exact) mass is 308 g/mol. The van der Waals surface area contributed by atoms with Crippen LogP contribution in [-0.2, 0) is 6.73 Å². The van der Waals surface area contributed by atoms with Gasteiger partial charge in [0.25, 0.3) is 5.56 Å². The molecule has 0 amide bonds. The molecular formula is C16H12N4O3. The van der Waals surface area contributed by atoms with Crippen LogP contribution >= 0.6 is 0 Å². The van der Waals surface area contributed by atoms with E-state index in [-0.39, 0.29) is 12.3 Å². The summed E-state index contributed by atoms with van der Waals surface area (Å²) in [7, 11) is 1.48. The van der Waals surface area contributed by atoms with Crippen LogP contribution in [0.1, 0.15) is 5.56 Å². The van der Waals surface area contributed by atoms with Gasteiger partial charge in [-0.1, -0.05) is 17.3 Å². The van der Waals surface area contributed by atoms with E-state index >= 15 is 0 Å². The summed E-state index contributed by atoms with van der Waals surface area (Å²) in [6, 6.07) is 13.8. The van der Waals surface area contributed by atoms with Crippen molar-refractivity contribution < 1.29 is 9.47 Å². The predicted octanol–water partition coefficient (Wildman–Crippen LogP) is 1.71. The van der Waals surface area contributed by atoms with Gasteiger partial charge in [-0.05, 0) is 24.3 Å². The third kappa shape index (κ3) is 2.82. The highest BCUT2D eigenvalue weighted by molar-refractivity contribution is 5.76. The zero-order chi connectivity index (χ0) is 16.2. The number of benzene rings is 2. The standard InChI is InChI=1S/C16H12N4O3/c1-22-15-8-11(9-17)6-7-14(15)23-10-20-16(21)12-4-2-3-5-13(12)18-19-20/h2-8H,10H2,1H3. The largest absolute Gasteiger partial charge is 0.493 e. The van der Waals surface area contributed by atoms with Crippen molar-refractivity contribution in [3.05, 3.63) is 58.4 Å². The van der Waals surface area contributed by atoms with Gasteiger partial charge in [0.15, 0.2) is 18.2 Å². The topological polar surface area (TPSA) is 90.0 Å². The van der Waals surface area contributed by atoms with Crippen LogP contribution in [0.4, 0.5) is 0 Å². The maximum Gasteiger partial charge on any atom is 0.280 e. The van der Waals surface area contributed by atoms with E-state index in [1.54, 1.807) is 42.5 Å². The maximum absolute atomic E-state index is 12.3. The van der Waals surface area contributed by atoms with E-state index in [9.17, 15) is 4.79 Å². The number of ether oxygens (including phenoxy) is 2. The van der Waals surface area contributed by atoms with Crippen LogP contribution in [0.15, 0.2) is 47.3 Å². The highest BCUT2D eigenvalue weighted by atomic mass is 16.5.